The van der Waals surface area contributed by atoms with Crippen molar-refractivity contribution in [1.82, 2.24) is 4.98 Å². The van der Waals surface area contributed by atoms with Gasteiger partial charge in [0.2, 0.25) is 0 Å². The summed E-state index contributed by atoms with van der Waals surface area (Å²) >= 11 is 5.71. The van der Waals surface area contributed by atoms with E-state index >= 15 is 0 Å². The van der Waals surface area contributed by atoms with Crippen molar-refractivity contribution in [3.8, 4) is 11.3 Å². The molecule has 0 aliphatic heterocycles. The molecule has 0 unspecified atom stereocenters. The first-order valence-corrected chi connectivity index (χ1v) is 7.44. The molecular weight excluding hydrogens is 315 g/mol. The summed E-state index contributed by atoms with van der Waals surface area (Å²) < 4.78 is 13.8. The Labute approximate surface area is 138 Å². The Balaban J connectivity index is 1.87. The topological polar surface area (TPSA) is 44.9 Å². The van der Waals surface area contributed by atoms with E-state index in [1.54, 1.807) is 13.0 Å². The Bertz CT molecular complexity index is 859. The molecule has 2 N–H and O–H groups in total. The summed E-state index contributed by atoms with van der Waals surface area (Å²) in [4.78, 5) is 15.6. The number of aryl methyl sites for hydroxylation is 1. The van der Waals surface area contributed by atoms with Gasteiger partial charge in [-0.3, -0.25) is 4.79 Å². The van der Waals surface area contributed by atoms with Gasteiger partial charge in [0.15, 0.2) is 0 Å². The number of hydrogen-bond donors (Lipinski definition) is 2. The zero-order valence-corrected chi connectivity index (χ0v) is 13.1. The van der Waals surface area contributed by atoms with Crippen molar-refractivity contribution in [1.29, 1.82) is 0 Å². The van der Waals surface area contributed by atoms with E-state index < -0.39 is 5.82 Å². The average molecular weight is 329 g/mol. The lowest BCUT2D eigenvalue weighted by Crippen LogP contribution is -2.13. The number of H-pyrrole nitrogens is 1. The lowest BCUT2D eigenvalue weighted by Gasteiger charge is -2.06. The number of aromatic amines is 1. The van der Waals surface area contributed by atoms with E-state index in [1.165, 1.54) is 12.1 Å². The first kappa shape index (κ1) is 15.3. The van der Waals surface area contributed by atoms with Crippen LogP contribution in [0, 0.1) is 12.7 Å². The van der Waals surface area contributed by atoms with E-state index in [9.17, 15) is 9.18 Å². The van der Waals surface area contributed by atoms with E-state index in [-0.39, 0.29) is 16.6 Å². The zero-order chi connectivity index (χ0) is 16.4. The summed E-state index contributed by atoms with van der Waals surface area (Å²) in [5, 5.41) is 2.85. The monoisotopic (exact) mass is 328 g/mol. The Morgan fingerprint density at radius 2 is 1.87 bits per heavy atom. The molecule has 5 heteroatoms. The third-order valence-corrected chi connectivity index (χ3v) is 3.76. The molecule has 0 spiro atoms. The van der Waals surface area contributed by atoms with Crippen LogP contribution in [0.15, 0.2) is 54.6 Å². The SMILES string of the molecule is Cc1[nH]c(-c2ccccc2)cc1C(=O)Nc1ccc(Cl)cc1F. The number of carbonyl (C=O) groups is 1. The van der Waals surface area contributed by atoms with Gasteiger partial charge in [-0.15, -0.1) is 0 Å². The van der Waals surface area contributed by atoms with Gasteiger partial charge in [0.25, 0.3) is 5.91 Å². The molecule has 0 saturated heterocycles. The van der Waals surface area contributed by atoms with E-state index in [4.69, 9.17) is 11.6 Å². The number of nitrogens with one attached hydrogen (secondary N) is 2. The number of benzene rings is 2. The molecule has 23 heavy (non-hydrogen) atoms. The van der Waals surface area contributed by atoms with Crippen molar-refractivity contribution in [2.45, 2.75) is 6.92 Å². The second kappa shape index (κ2) is 6.26. The molecule has 0 radical (unpaired) electrons. The van der Waals surface area contributed by atoms with Crippen LogP contribution >= 0.6 is 11.6 Å². The Kier molecular flexibility index (Phi) is 4.17. The lowest BCUT2D eigenvalue weighted by molar-refractivity contribution is 0.102. The van der Waals surface area contributed by atoms with Crippen LogP contribution in [0.5, 0.6) is 0 Å². The van der Waals surface area contributed by atoms with Gasteiger partial charge in [0.05, 0.1) is 11.3 Å². The van der Waals surface area contributed by atoms with Crippen LogP contribution in [0.1, 0.15) is 16.1 Å². The van der Waals surface area contributed by atoms with Crippen molar-refractivity contribution in [2.75, 3.05) is 5.32 Å². The van der Waals surface area contributed by atoms with E-state index in [0.717, 1.165) is 23.0 Å². The largest absolute Gasteiger partial charge is 0.358 e. The maximum Gasteiger partial charge on any atom is 0.257 e. The summed E-state index contributed by atoms with van der Waals surface area (Å²) in [6.07, 6.45) is 0. The molecule has 0 aliphatic rings. The van der Waals surface area contributed by atoms with Gasteiger partial charge in [0, 0.05) is 16.4 Å². The van der Waals surface area contributed by atoms with Gasteiger partial charge in [-0.25, -0.2) is 4.39 Å². The van der Waals surface area contributed by atoms with Crippen molar-refractivity contribution in [3.63, 3.8) is 0 Å². The molecular formula is C18H14ClFN2O. The van der Waals surface area contributed by atoms with Crippen LogP contribution in [0.25, 0.3) is 11.3 Å². The van der Waals surface area contributed by atoms with Gasteiger partial charge in [0.1, 0.15) is 5.82 Å². The van der Waals surface area contributed by atoms with E-state index in [2.05, 4.69) is 10.3 Å². The first-order chi connectivity index (χ1) is 11.0. The van der Waals surface area contributed by atoms with Crippen LogP contribution in [-0.2, 0) is 0 Å². The summed E-state index contributed by atoms with van der Waals surface area (Å²) in [6.45, 7) is 1.81. The number of aromatic nitrogens is 1. The van der Waals surface area contributed by atoms with Crippen molar-refractivity contribution >= 4 is 23.2 Å². The molecule has 3 rings (SSSR count). The standard InChI is InChI=1S/C18H14ClFN2O/c1-11-14(10-17(21-11)12-5-3-2-4-6-12)18(23)22-16-8-7-13(19)9-15(16)20/h2-10,21H,1H3,(H,22,23). The van der Waals surface area contributed by atoms with Crippen LogP contribution in [0.3, 0.4) is 0 Å². The highest BCUT2D eigenvalue weighted by atomic mass is 35.5. The lowest BCUT2D eigenvalue weighted by atomic mass is 10.1. The molecule has 0 aliphatic carbocycles. The number of anilines is 1. The van der Waals surface area contributed by atoms with Crippen LogP contribution < -0.4 is 5.32 Å². The molecule has 116 valence electrons. The van der Waals surface area contributed by atoms with Crippen molar-refractivity contribution in [3.05, 3.63) is 76.7 Å². The third kappa shape index (κ3) is 3.27. The predicted octanol–water partition coefficient (Wildman–Crippen LogP) is 5.03. The highest BCUT2D eigenvalue weighted by molar-refractivity contribution is 6.30. The maximum absolute atomic E-state index is 13.8. The minimum absolute atomic E-state index is 0.0984. The van der Waals surface area contributed by atoms with Gasteiger partial charge in [-0.05, 0) is 36.8 Å². The van der Waals surface area contributed by atoms with E-state index in [1.807, 2.05) is 30.3 Å². The molecule has 1 heterocycles. The maximum atomic E-state index is 13.8. The summed E-state index contributed by atoms with van der Waals surface area (Å²) in [5.74, 6) is -0.940. The molecule has 0 saturated carbocycles. The molecule has 0 fully saturated rings. The Morgan fingerprint density at radius 3 is 2.57 bits per heavy atom. The number of halogens is 2. The molecule has 0 bridgehead atoms. The fourth-order valence-electron chi connectivity index (χ4n) is 2.35. The van der Waals surface area contributed by atoms with Gasteiger partial charge >= 0.3 is 0 Å². The number of amides is 1. The highest BCUT2D eigenvalue weighted by Crippen LogP contribution is 2.24. The quantitative estimate of drug-likeness (QED) is 0.695. The first-order valence-electron chi connectivity index (χ1n) is 7.06. The zero-order valence-electron chi connectivity index (χ0n) is 12.4. The van der Waals surface area contributed by atoms with Crippen LogP contribution in [-0.4, -0.2) is 10.9 Å². The minimum atomic E-state index is -0.567. The predicted molar refractivity (Wildman–Crippen MR) is 90.3 cm³/mol. The van der Waals surface area contributed by atoms with Crippen molar-refractivity contribution in [2.24, 2.45) is 0 Å². The smallest absolute Gasteiger partial charge is 0.257 e. The number of hydrogen-bond acceptors (Lipinski definition) is 1. The van der Waals surface area contributed by atoms with Gasteiger partial charge in [-0.2, -0.15) is 0 Å². The molecule has 3 nitrogen and oxygen atoms in total. The van der Waals surface area contributed by atoms with Gasteiger partial charge < -0.3 is 10.3 Å². The van der Waals surface area contributed by atoms with Crippen LogP contribution in [0.4, 0.5) is 10.1 Å². The molecule has 0 atom stereocenters. The normalized spacial score (nSPS) is 10.6. The number of rotatable bonds is 3. The summed E-state index contributed by atoms with van der Waals surface area (Å²) in [7, 11) is 0. The molecule has 1 aromatic heterocycles. The second-order valence-electron chi connectivity index (χ2n) is 5.17. The third-order valence-electron chi connectivity index (χ3n) is 3.52. The number of carbonyl (C=O) groups excluding carboxylic acids is 1. The highest BCUT2D eigenvalue weighted by Gasteiger charge is 2.15. The fraction of sp³-hybridized carbons (Fsp3) is 0.0556. The molecule has 2 aromatic carbocycles. The van der Waals surface area contributed by atoms with Gasteiger partial charge in [-0.1, -0.05) is 41.9 Å². The summed E-state index contributed by atoms with van der Waals surface area (Å²) in [6, 6.07) is 15.6. The van der Waals surface area contributed by atoms with Crippen LogP contribution in [0.2, 0.25) is 5.02 Å². The fourth-order valence-corrected chi connectivity index (χ4v) is 2.51. The van der Waals surface area contributed by atoms with Crippen molar-refractivity contribution < 1.29 is 9.18 Å². The second-order valence-corrected chi connectivity index (χ2v) is 5.60. The molecule has 1 amide bonds. The Morgan fingerprint density at radius 1 is 1.13 bits per heavy atom. The Hall–Kier alpha value is -2.59. The molecule has 3 aromatic rings. The van der Waals surface area contributed by atoms with E-state index in [0.29, 0.717) is 5.56 Å². The minimum Gasteiger partial charge on any atom is -0.358 e. The average Bonchev–Trinajstić information content (AvgIpc) is 2.93. The summed E-state index contributed by atoms with van der Waals surface area (Å²) in [5.41, 5.74) is 3.10.